The molecule has 2 aromatic carbocycles. The highest BCUT2D eigenvalue weighted by Crippen LogP contribution is 2.40. The minimum atomic E-state index is -1.47. The highest BCUT2D eigenvalue weighted by atomic mass is 35.5. The fraction of sp³-hybridized carbons (Fsp3) is 0.437. The van der Waals surface area contributed by atoms with Crippen molar-refractivity contribution in [1.82, 2.24) is 33.4 Å². The van der Waals surface area contributed by atoms with Gasteiger partial charge in [-0.1, -0.05) is 35.3 Å². The van der Waals surface area contributed by atoms with Crippen molar-refractivity contribution >= 4 is 70.8 Å². The lowest BCUT2D eigenvalue weighted by Gasteiger charge is -2.37. The molecule has 7 N–H and O–H groups in total. The lowest BCUT2D eigenvalue weighted by Crippen LogP contribution is -2.49. The van der Waals surface area contributed by atoms with Gasteiger partial charge in [0.25, 0.3) is 17.7 Å². The number of halogens is 6. The fourth-order valence-corrected chi connectivity index (χ4v) is 13.1. The summed E-state index contributed by atoms with van der Waals surface area (Å²) < 4.78 is 116. The SMILES string of the molecule is COc1c(C(=O)OC(C)C)n([C@@H]2CCOC2O)cc(C(=O)O)c1=O.COc1c(C(=O)OC(C)C)n([C@@H]2CCOC2OC)cc(C(=O)O)c1=O.COc1c2n(cc(C(=O)NCc3ccc(F)c(Cl)c3F)c1=O)[C@@H]1CCO[C@@H]1N(C)C2=O.COc1c2n(cc(C(=O)O)c1=O)[C@@H]1CCO[C@@H]1N(C)C2=O.NCc1ccc(F)c(Cl)c1F. The topological polar surface area (TPSA) is 452 Å². The number of aliphatic hydroxyl groups excluding tert-OH is 1. The number of rotatable bonds is 18. The molecule has 8 atom stereocenters. The Bertz CT molecular complexity index is 4920. The second-order valence-electron chi connectivity index (χ2n) is 25.5. The first-order chi connectivity index (χ1) is 53.0. The van der Waals surface area contributed by atoms with E-state index in [0.717, 1.165) is 37.7 Å². The van der Waals surface area contributed by atoms with Gasteiger partial charge in [0, 0.05) is 70.2 Å². The van der Waals surface area contributed by atoms with Crippen molar-refractivity contribution in [2.45, 2.75) is 128 Å². The van der Waals surface area contributed by atoms with E-state index < -0.39 is 174 Å². The fourth-order valence-electron chi connectivity index (χ4n) is 12.8. The number of nitrogens with one attached hydrogen (secondary N) is 1. The molecule has 112 heavy (non-hydrogen) atoms. The third kappa shape index (κ3) is 17.8. The molecule has 4 fully saturated rings. The zero-order valence-corrected chi connectivity index (χ0v) is 63.2. The van der Waals surface area contributed by atoms with Crippen molar-refractivity contribution in [1.29, 1.82) is 0 Å². The largest absolute Gasteiger partial charge is 0.491 e. The van der Waals surface area contributed by atoms with E-state index in [0.29, 0.717) is 45.5 Å². The zero-order chi connectivity index (χ0) is 82.9. The van der Waals surface area contributed by atoms with Gasteiger partial charge in [0.05, 0.1) is 91.2 Å². The first-order valence-electron chi connectivity index (χ1n) is 33.9. The van der Waals surface area contributed by atoms with Crippen LogP contribution in [0.15, 0.2) is 68.2 Å². The lowest BCUT2D eigenvalue weighted by molar-refractivity contribution is -0.106. The molecule has 2 unspecified atom stereocenters. The number of pyridine rings is 4. The maximum Gasteiger partial charge on any atom is 0.359 e. The number of benzene rings is 2. The van der Waals surface area contributed by atoms with Gasteiger partial charge in [-0.25, -0.2) is 41.5 Å². The van der Waals surface area contributed by atoms with Gasteiger partial charge in [0.1, 0.15) is 55.6 Å². The van der Waals surface area contributed by atoms with Crippen LogP contribution in [0.4, 0.5) is 17.6 Å². The summed E-state index contributed by atoms with van der Waals surface area (Å²) in [4.78, 5) is 149. The van der Waals surface area contributed by atoms with E-state index in [9.17, 15) is 90.4 Å². The Morgan fingerprint density at radius 1 is 0.518 bits per heavy atom. The van der Waals surface area contributed by atoms with Crippen LogP contribution in [-0.2, 0) is 46.2 Å². The third-order valence-corrected chi connectivity index (χ3v) is 18.8. The Kier molecular flexibility index (Phi) is 28.7. The van der Waals surface area contributed by atoms with Crippen molar-refractivity contribution in [3.05, 3.63) is 179 Å². The number of nitrogens with two attached hydrogens (primary N) is 1. The maximum atomic E-state index is 14.1. The molecule has 0 aliphatic carbocycles. The Balaban J connectivity index is 0.000000180. The van der Waals surface area contributed by atoms with Gasteiger partial charge in [-0.15, -0.1) is 0 Å². The van der Waals surface area contributed by atoms with E-state index in [2.05, 4.69) is 5.32 Å². The second-order valence-corrected chi connectivity index (χ2v) is 26.3. The van der Waals surface area contributed by atoms with E-state index in [-0.39, 0.29) is 88.5 Å². The molecular weight excluding hydrogens is 1540 g/mol. The van der Waals surface area contributed by atoms with Crippen LogP contribution in [0.3, 0.4) is 0 Å². The number of ether oxygens (including phenoxy) is 11. The number of hydrogen-bond acceptors (Lipinski definition) is 25. The number of methoxy groups -OCH3 is 5. The molecule has 0 radical (unpaired) electrons. The second kappa shape index (κ2) is 37.0. The molecule has 0 saturated carbocycles. The summed E-state index contributed by atoms with van der Waals surface area (Å²) in [6.45, 7) is 7.73. The van der Waals surface area contributed by atoms with Crippen LogP contribution >= 0.6 is 23.2 Å². The number of carboxylic acid groups (broad SMARTS) is 3. The number of aliphatic hydroxyl groups is 1. The summed E-state index contributed by atoms with van der Waals surface area (Å²) in [5, 5.41) is 38.8. The van der Waals surface area contributed by atoms with E-state index in [1.807, 2.05) is 0 Å². The Labute approximate surface area is 642 Å². The molecule has 6 aromatic rings. The van der Waals surface area contributed by atoms with Gasteiger partial charge in [0.15, 0.2) is 70.8 Å². The zero-order valence-electron chi connectivity index (χ0n) is 61.7. The Hall–Kier alpha value is -10.8. The lowest BCUT2D eigenvalue weighted by atomic mass is 10.1. The summed E-state index contributed by atoms with van der Waals surface area (Å²) in [6, 6.07) is 2.71. The molecule has 6 aliphatic rings. The van der Waals surface area contributed by atoms with Gasteiger partial charge in [0.2, 0.25) is 21.7 Å². The van der Waals surface area contributed by atoms with Crippen LogP contribution in [0.5, 0.6) is 23.0 Å². The number of amides is 3. The molecule has 6 aliphatic heterocycles. The van der Waals surface area contributed by atoms with Gasteiger partial charge in [-0.05, 0) is 65.5 Å². The van der Waals surface area contributed by atoms with Crippen LogP contribution in [0.1, 0.15) is 172 Å². The van der Waals surface area contributed by atoms with Gasteiger partial charge in [-0.3, -0.25) is 33.6 Å². The average molecular weight is 1620 g/mol. The molecule has 0 bridgehead atoms. The number of carbonyl (C=O) groups is 8. The third-order valence-electron chi connectivity index (χ3n) is 18.1. The number of fused-ring (bicyclic) bond motifs is 6. The number of aromatic carboxylic acids is 3. The van der Waals surface area contributed by atoms with Crippen molar-refractivity contribution in [2.24, 2.45) is 5.73 Å². The molecule has 10 heterocycles. The smallest absolute Gasteiger partial charge is 0.359 e. The number of hydrogen-bond donors (Lipinski definition) is 6. The summed E-state index contributed by atoms with van der Waals surface area (Å²) >= 11 is 10.8. The van der Waals surface area contributed by atoms with Crippen LogP contribution in [0, 0.1) is 23.3 Å². The van der Waals surface area contributed by atoms with Crippen LogP contribution in [0.2, 0.25) is 10.0 Å². The van der Waals surface area contributed by atoms with Gasteiger partial charge in [-0.2, -0.15) is 0 Å². The van der Waals surface area contributed by atoms with Crippen LogP contribution < -0.4 is 51.7 Å². The number of carbonyl (C=O) groups excluding carboxylic acids is 5. The molecule has 41 heteroatoms. The highest BCUT2D eigenvalue weighted by molar-refractivity contribution is 6.31. The molecular formula is C71H78Cl2F4N8O27. The normalized spacial score (nSPS) is 19.7. The predicted molar refractivity (Wildman–Crippen MR) is 380 cm³/mol. The van der Waals surface area contributed by atoms with Crippen LogP contribution in [0.25, 0.3) is 0 Å². The number of carboxylic acids is 3. The molecule has 4 saturated heterocycles. The number of likely N-dealkylation sites (N-methyl/N-ethyl adjacent to an activating group) is 2. The summed E-state index contributed by atoms with van der Waals surface area (Å²) in [7, 11) is 9.42. The standard InChI is InChI=1S/C20H18ClF2N3O5.C16H21NO8.C15H19NO8.C13H14N2O6.C7H6ClF2N/c1-25-19(29)15-17(30-2)16(27)10(8-26(15)12-5-6-31-20(12)25)18(28)24-7-9-3-4-11(22)13(21)14(9)23;1-8(2)25-15(21)11-13(22-3)12(18)9(14(19)20)7-17(11)10-5-6-24-16(10)23-4;1-7(2)24-15(21)10-12(22-3)11(17)8(13(18)19)6-16(10)9-4-5-23-14(9)20;1-14-11(17)8-10(20-2)9(16)6(13(18)19)5-15(8)7-3-4-21-12(7)14;8-6-5(9)2-1-4(3-11)7(6)10/h3-4,8,12,20H,5-7H2,1-2H3,(H,24,28);7-8,10,16H,5-6H2,1-4H3,(H,19,20);6-7,9,14,20H,4-5H2,1-3H3,(H,18,19);5,7,12H,3-4H2,1-2H3,(H,18,19);1-2H,3,11H2/t12-,20+;10-,16?;9-,14?;7-,12+;/m1111./s1. The predicted octanol–water partition coefficient (Wildman–Crippen LogP) is 5.55. The maximum absolute atomic E-state index is 14.1. The minimum Gasteiger partial charge on any atom is -0.491 e. The molecule has 35 nitrogen and oxygen atoms in total. The molecule has 3 amide bonds. The minimum absolute atomic E-state index is 0.0197. The first kappa shape index (κ1) is 86.8. The van der Waals surface area contributed by atoms with Gasteiger partial charge >= 0.3 is 29.8 Å². The molecule has 606 valence electrons. The monoisotopic (exact) mass is 1620 g/mol. The first-order valence-corrected chi connectivity index (χ1v) is 34.6. The highest BCUT2D eigenvalue weighted by Gasteiger charge is 2.47. The van der Waals surface area contributed by atoms with Crippen molar-refractivity contribution in [3.8, 4) is 23.0 Å². The van der Waals surface area contributed by atoms with E-state index in [1.54, 1.807) is 41.8 Å². The quantitative estimate of drug-likeness (QED) is 0.0349. The number of esters is 2. The summed E-state index contributed by atoms with van der Waals surface area (Å²) in [6.07, 6.45) is 2.78. The summed E-state index contributed by atoms with van der Waals surface area (Å²) in [5.74, 6) is -12.4. The molecule has 0 spiro atoms. The Morgan fingerprint density at radius 3 is 1.27 bits per heavy atom. The molecule has 12 rings (SSSR count). The van der Waals surface area contributed by atoms with Crippen molar-refractivity contribution in [3.63, 3.8) is 0 Å². The summed E-state index contributed by atoms with van der Waals surface area (Å²) in [5.41, 5.74) is -0.185. The van der Waals surface area contributed by atoms with Crippen molar-refractivity contribution in [2.75, 3.05) is 76.1 Å². The molecule has 4 aromatic heterocycles. The average Bonchev–Trinajstić information content (AvgIpc) is 1.38. The Morgan fingerprint density at radius 2 is 0.875 bits per heavy atom. The number of aromatic nitrogens is 4. The van der Waals surface area contributed by atoms with E-state index in [1.165, 1.54) is 75.0 Å². The van der Waals surface area contributed by atoms with E-state index in [4.69, 9.17) is 86.1 Å². The van der Waals surface area contributed by atoms with Crippen molar-refractivity contribution < 1.29 is 128 Å². The number of nitrogens with zero attached hydrogens (tertiary/aromatic N) is 6. The van der Waals surface area contributed by atoms with E-state index >= 15 is 0 Å². The van der Waals surface area contributed by atoms with Crippen LogP contribution in [-0.4, -0.2) is 209 Å². The van der Waals surface area contributed by atoms with Gasteiger partial charge < -0.3 is 112 Å².